The Morgan fingerprint density at radius 1 is 0.963 bits per heavy atom. The first kappa shape index (κ1) is 22.9. The average Bonchev–Trinajstić information content (AvgIpc) is 2.65. The molecule has 1 atom stereocenters. The van der Waals surface area contributed by atoms with Gasteiger partial charge in [-0.25, -0.2) is 0 Å². The van der Waals surface area contributed by atoms with Crippen molar-refractivity contribution in [3.63, 3.8) is 0 Å². The van der Waals surface area contributed by atoms with Gasteiger partial charge in [0, 0.05) is 31.0 Å². The lowest BCUT2D eigenvalue weighted by Gasteiger charge is -2.13. The Hall–Kier alpha value is -2.17. The maximum absolute atomic E-state index is 12.2. The number of ketones is 1. The number of hydrogen-bond acceptors (Lipinski definition) is 3. The molecule has 0 aliphatic heterocycles. The van der Waals surface area contributed by atoms with Crippen molar-refractivity contribution < 1.29 is 9.59 Å². The van der Waals surface area contributed by atoms with Gasteiger partial charge in [-0.3, -0.25) is 9.59 Å². The van der Waals surface area contributed by atoms with E-state index in [1.54, 1.807) is 0 Å². The van der Waals surface area contributed by atoms with Crippen molar-refractivity contribution in [1.82, 2.24) is 5.32 Å². The fraction of sp³-hybridized carbons (Fsp3) is 0.364. The SMILES string of the molecule is CC(C)Cc1ccc(C(=O)CCC(=O)NCC(N)c2ccccc2)cc1.Cl. The fourth-order valence-corrected chi connectivity index (χ4v) is 2.80. The lowest BCUT2D eigenvalue weighted by Crippen LogP contribution is -2.32. The van der Waals surface area contributed by atoms with E-state index in [1.165, 1.54) is 5.56 Å². The summed E-state index contributed by atoms with van der Waals surface area (Å²) in [5.41, 5.74) is 8.92. The summed E-state index contributed by atoms with van der Waals surface area (Å²) in [6.07, 6.45) is 1.38. The second-order valence-corrected chi connectivity index (χ2v) is 7.04. The molecule has 0 saturated carbocycles. The zero-order valence-electron chi connectivity index (χ0n) is 16.0. The molecular weight excluding hydrogens is 360 g/mol. The molecule has 0 bridgehead atoms. The first-order chi connectivity index (χ1) is 12.5. The third-order valence-electron chi connectivity index (χ3n) is 4.25. The van der Waals surface area contributed by atoms with Gasteiger partial charge in [0.1, 0.15) is 0 Å². The molecule has 0 saturated heterocycles. The van der Waals surface area contributed by atoms with E-state index in [4.69, 9.17) is 5.73 Å². The number of nitrogens with two attached hydrogens (primary N) is 1. The molecule has 146 valence electrons. The molecule has 0 radical (unpaired) electrons. The van der Waals surface area contributed by atoms with Gasteiger partial charge in [0.25, 0.3) is 0 Å². The highest BCUT2D eigenvalue weighted by Crippen LogP contribution is 2.12. The zero-order valence-corrected chi connectivity index (χ0v) is 16.8. The first-order valence-corrected chi connectivity index (χ1v) is 9.15. The number of nitrogens with one attached hydrogen (secondary N) is 1. The molecule has 2 aromatic carbocycles. The van der Waals surface area contributed by atoms with Crippen molar-refractivity contribution in [1.29, 1.82) is 0 Å². The maximum atomic E-state index is 12.2. The minimum Gasteiger partial charge on any atom is -0.354 e. The van der Waals surface area contributed by atoms with Crippen molar-refractivity contribution in [2.45, 2.75) is 39.2 Å². The first-order valence-electron chi connectivity index (χ1n) is 9.15. The minimum atomic E-state index is -0.246. The summed E-state index contributed by atoms with van der Waals surface area (Å²) >= 11 is 0. The molecule has 0 aliphatic carbocycles. The monoisotopic (exact) mass is 388 g/mol. The molecule has 1 unspecified atom stereocenters. The van der Waals surface area contributed by atoms with E-state index in [-0.39, 0.29) is 43.0 Å². The number of benzene rings is 2. The molecule has 0 aromatic heterocycles. The fourth-order valence-electron chi connectivity index (χ4n) is 2.80. The summed E-state index contributed by atoms with van der Waals surface area (Å²) in [5.74, 6) is 0.423. The molecule has 3 N–H and O–H groups in total. The topological polar surface area (TPSA) is 72.2 Å². The Bertz CT molecular complexity index is 715. The van der Waals surface area contributed by atoms with Crippen molar-refractivity contribution in [3.8, 4) is 0 Å². The highest BCUT2D eigenvalue weighted by Gasteiger charge is 2.11. The largest absolute Gasteiger partial charge is 0.354 e. The van der Waals surface area contributed by atoms with Crippen LogP contribution in [0.1, 0.15) is 54.2 Å². The van der Waals surface area contributed by atoms with E-state index in [1.807, 2.05) is 54.6 Å². The van der Waals surface area contributed by atoms with Gasteiger partial charge in [-0.1, -0.05) is 68.4 Å². The number of carbonyl (C=O) groups is 2. The van der Waals surface area contributed by atoms with Crippen LogP contribution in [0, 0.1) is 5.92 Å². The summed E-state index contributed by atoms with van der Waals surface area (Å²) in [7, 11) is 0. The Morgan fingerprint density at radius 3 is 2.19 bits per heavy atom. The van der Waals surface area contributed by atoms with Crippen molar-refractivity contribution in [2.24, 2.45) is 11.7 Å². The second kappa shape index (κ2) is 11.5. The van der Waals surface area contributed by atoms with Crippen LogP contribution in [0.2, 0.25) is 0 Å². The van der Waals surface area contributed by atoms with Crippen LogP contribution in [0.15, 0.2) is 54.6 Å². The van der Waals surface area contributed by atoms with Gasteiger partial charge in [0.05, 0.1) is 0 Å². The Balaban J connectivity index is 0.00000364. The molecule has 2 rings (SSSR count). The lowest BCUT2D eigenvalue weighted by molar-refractivity contribution is -0.121. The summed E-state index contributed by atoms with van der Waals surface area (Å²) in [6.45, 7) is 4.70. The van der Waals surface area contributed by atoms with Crippen LogP contribution in [0.25, 0.3) is 0 Å². The summed E-state index contributed by atoms with van der Waals surface area (Å²) < 4.78 is 0. The van der Waals surface area contributed by atoms with Gasteiger partial charge in [-0.05, 0) is 23.5 Å². The number of Topliss-reactive ketones (excluding diaryl/α,β-unsaturated/α-hetero) is 1. The molecule has 0 spiro atoms. The molecule has 2 aromatic rings. The van der Waals surface area contributed by atoms with Crippen LogP contribution in [0.3, 0.4) is 0 Å². The third-order valence-corrected chi connectivity index (χ3v) is 4.25. The zero-order chi connectivity index (χ0) is 18.9. The Morgan fingerprint density at radius 2 is 1.59 bits per heavy atom. The quantitative estimate of drug-likeness (QED) is 0.635. The number of rotatable bonds is 9. The standard InChI is InChI=1S/C22H28N2O2.ClH/c1-16(2)14-17-8-10-19(11-9-17)21(25)12-13-22(26)24-15-20(23)18-6-4-3-5-7-18;/h3-11,16,20H,12-15,23H2,1-2H3,(H,24,26);1H. The maximum Gasteiger partial charge on any atom is 0.220 e. The summed E-state index contributed by atoms with van der Waals surface area (Å²) in [4.78, 5) is 24.2. The smallest absolute Gasteiger partial charge is 0.220 e. The van der Waals surface area contributed by atoms with E-state index in [0.717, 1.165) is 12.0 Å². The van der Waals surface area contributed by atoms with E-state index in [9.17, 15) is 9.59 Å². The molecular formula is C22H29ClN2O2. The van der Waals surface area contributed by atoms with Crippen molar-refractivity contribution in [2.75, 3.05) is 6.54 Å². The Kier molecular flexibility index (Phi) is 9.76. The Labute approximate surface area is 168 Å². The van der Waals surface area contributed by atoms with Crippen molar-refractivity contribution >= 4 is 24.1 Å². The number of amides is 1. The van der Waals surface area contributed by atoms with Gasteiger partial charge >= 0.3 is 0 Å². The van der Waals surface area contributed by atoms with Gasteiger partial charge in [0.2, 0.25) is 5.91 Å². The van der Waals surface area contributed by atoms with Crippen molar-refractivity contribution in [3.05, 3.63) is 71.3 Å². The van der Waals surface area contributed by atoms with E-state index in [2.05, 4.69) is 19.2 Å². The number of hydrogen-bond donors (Lipinski definition) is 2. The van der Waals surface area contributed by atoms with Crippen LogP contribution < -0.4 is 11.1 Å². The average molecular weight is 389 g/mol. The summed E-state index contributed by atoms with van der Waals surface area (Å²) in [5, 5.41) is 2.80. The molecule has 0 aliphatic rings. The van der Waals surface area contributed by atoms with Crippen LogP contribution in [-0.4, -0.2) is 18.2 Å². The van der Waals surface area contributed by atoms with Crippen LogP contribution in [-0.2, 0) is 11.2 Å². The molecule has 5 heteroatoms. The highest BCUT2D eigenvalue weighted by atomic mass is 35.5. The van der Waals surface area contributed by atoms with Gasteiger partial charge in [-0.2, -0.15) is 0 Å². The number of halogens is 1. The predicted octanol–water partition coefficient (Wildman–Crippen LogP) is 4.09. The van der Waals surface area contributed by atoms with E-state index in [0.29, 0.717) is 18.0 Å². The van der Waals surface area contributed by atoms with E-state index >= 15 is 0 Å². The normalized spacial score (nSPS) is 11.6. The van der Waals surface area contributed by atoms with Gasteiger partial charge < -0.3 is 11.1 Å². The molecule has 1 amide bonds. The molecule has 0 heterocycles. The molecule has 4 nitrogen and oxygen atoms in total. The van der Waals surface area contributed by atoms with Crippen LogP contribution in [0.5, 0.6) is 0 Å². The van der Waals surface area contributed by atoms with Crippen LogP contribution in [0.4, 0.5) is 0 Å². The highest BCUT2D eigenvalue weighted by molar-refractivity contribution is 5.97. The lowest BCUT2D eigenvalue weighted by atomic mass is 9.99. The van der Waals surface area contributed by atoms with Gasteiger partial charge in [-0.15, -0.1) is 12.4 Å². The summed E-state index contributed by atoms with van der Waals surface area (Å²) in [6, 6.07) is 17.1. The predicted molar refractivity (Wildman–Crippen MR) is 112 cm³/mol. The number of carbonyl (C=O) groups excluding carboxylic acids is 2. The van der Waals surface area contributed by atoms with E-state index < -0.39 is 0 Å². The second-order valence-electron chi connectivity index (χ2n) is 7.04. The minimum absolute atomic E-state index is 0. The van der Waals surface area contributed by atoms with Crippen LogP contribution >= 0.6 is 12.4 Å². The molecule has 27 heavy (non-hydrogen) atoms. The molecule has 0 fully saturated rings. The third kappa shape index (κ3) is 7.94. The van der Waals surface area contributed by atoms with Gasteiger partial charge in [0.15, 0.2) is 5.78 Å².